The topological polar surface area (TPSA) is 77.4 Å². The lowest BCUT2D eigenvalue weighted by Gasteiger charge is -2.09. The average molecular weight is 406 g/mol. The highest BCUT2D eigenvalue weighted by Gasteiger charge is 2.23. The minimum absolute atomic E-state index is 0.0561. The Morgan fingerprint density at radius 1 is 0.897 bits per heavy atom. The van der Waals surface area contributed by atoms with Crippen molar-refractivity contribution in [1.29, 1.82) is 0 Å². The van der Waals surface area contributed by atoms with Gasteiger partial charge in [0, 0.05) is 29.7 Å². The molecule has 0 saturated carbocycles. The SMILES string of the molecule is Cn1cc(S(=O)(=O)NC(=O)c2cccc(Oc3ccccc3)c2)c2ccccc21. The normalized spacial score (nSPS) is 11.3. The van der Waals surface area contributed by atoms with Gasteiger partial charge in [-0.1, -0.05) is 42.5 Å². The van der Waals surface area contributed by atoms with Gasteiger partial charge in [0.25, 0.3) is 15.9 Å². The molecule has 4 aromatic rings. The van der Waals surface area contributed by atoms with Crippen LogP contribution in [0, 0.1) is 0 Å². The van der Waals surface area contributed by atoms with Gasteiger partial charge >= 0.3 is 0 Å². The molecule has 1 amide bonds. The fourth-order valence-electron chi connectivity index (χ4n) is 3.08. The third-order valence-corrected chi connectivity index (χ3v) is 5.81. The number of hydrogen-bond donors (Lipinski definition) is 1. The van der Waals surface area contributed by atoms with Gasteiger partial charge < -0.3 is 9.30 Å². The molecule has 0 atom stereocenters. The molecule has 146 valence electrons. The Hall–Kier alpha value is -3.58. The number of aryl methyl sites for hydroxylation is 1. The number of fused-ring (bicyclic) bond motifs is 1. The molecule has 7 heteroatoms. The zero-order valence-electron chi connectivity index (χ0n) is 15.6. The molecular weight excluding hydrogens is 388 g/mol. The minimum atomic E-state index is -4.05. The third-order valence-electron chi connectivity index (χ3n) is 4.45. The predicted molar refractivity (Wildman–Crippen MR) is 111 cm³/mol. The van der Waals surface area contributed by atoms with E-state index in [0.717, 1.165) is 5.52 Å². The second kappa shape index (κ2) is 7.44. The van der Waals surface area contributed by atoms with E-state index in [1.54, 1.807) is 48.0 Å². The summed E-state index contributed by atoms with van der Waals surface area (Å²) in [5, 5.41) is 0.552. The molecule has 4 rings (SSSR count). The molecule has 0 bridgehead atoms. The lowest BCUT2D eigenvalue weighted by molar-refractivity contribution is 0.0981. The first-order chi connectivity index (χ1) is 13.9. The molecule has 0 fully saturated rings. The van der Waals surface area contributed by atoms with E-state index < -0.39 is 15.9 Å². The molecule has 0 saturated heterocycles. The van der Waals surface area contributed by atoms with Crippen LogP contribution >= 0.6 is 0 Å². The van der Waals surface area contributed by atoms with Crippen molar-refractivity contribution in [3.63, 3.8) is 0 Å². The first-order valence-corrected chi connectivity index (χ1v) is 10.4. The number of nitrogens with one attached hydrogen (secondary N) is 1. The van der Waals surface area contributed by atoms with E-state index in [1.807, 2.05) is 30.3 Å². The zero-order chi connectivity index (χ0) is 20.4. The number of ether oxygens (including phenoxy) is 1. The lowest BCUT2D eigenvalue weighted by atomic mass is 10.2. The van der Waals surface area contributed by atoms with E-state index in [-0.39, 0.29) is 10.5 Å². The van der Waals surface area contributed by atoms with E-state index in [1.165, 1.54) is 18.3 Å². The summed E-state index contributed by atoms with van der Waals surface area (Å²) in [6.45, 7) is 0. The van der Waals surface area contributed by atoms with Crippen LogP contribution in [-0.4, -0.2) is 18.9 Å². The molecule has 6 nitrogen and oxygen atoms in total. The Labute approximate surface area is 168 Å². The number of rotatable bonds is 5. The van der Waals surface area contributed by atoms with Gasteiger partial charge in [-0.05, 0) is 36.4 Å². The van der Waals surface area contributed by atoms with Crippen molar-refractivity contribution < 1.29 is 17.9 Å². The van der Waals surface area contributed by atoms with E-state index in [9.17, 15) is 13.2 Å². The summed E-state index contributed by atoms with van der Waals surface area (Å²) in [5.74, 6) is 0.330. The van der Waals surface area contributed by atoms with Gasteiger partial charge in [-0.2, -0.15) is 0 Å². The molecule has 1 aromatic heterocycles. The highest BCUT2D eigenvalue weighted by atomic mass is 32.2. The van der Waals surface area contributed by atoms with Gasteiger partial charge in [0.05, 0.1) is 0 Å². The maximum atomic E-state index is 12.8. The third kappa shape index (κ3) is 3.86. The summed E-state index contributed by atoms with van der Waals surface area (Å²) >= 11 is 0. The van der Waals surface area contributed by atoms with Gasteiger partial charge in [-0.25, -0.2) is 13.1 Å². The number of amides is 1. The fourth-order valence-corrected chi connectivity index (χ4v) is 4.31. The summed E-state index contributed by atoms with van der Waals surface area (Å²) in [4.78, 5) is 12.7. The molecule has 3 aromatic carbocycles. The van der Waals surface area contributed by atoms with E-state index in [0.29, 0.717) is 16.9 Å². The minimum Gasteiger partial charge on any atom is -0.457 e. The second-order valence-electron chi connectivity index (χ2n) is 6.50. The Kier molecular flexibility index (Phi) is 4.82. The van der Waals surface area contributed by atoms with Gasteiger partial charge in [0.2, 0.25) is 0 Å². The monoisotopic (exact) mass is 406 g/mol. The molecule has 1 heterocycles. The van der Waals surface area contributed by atoms with Crippen LogP contribution < -0.4 is 9.46 Å². The Bertz CT molecular complexity index is 1290. The number of benzene rings is 3. The number of nitrogens with zero attached hydrogens (tertiary/aromatic N) is 1. The smallest absolute Gasteiger partial charge is 0.266 e. The zero-order valence-corrected chi connectivity index (χ0v) is 16.4. The Morgan fingerprint density at radius 2 is 1.59 bits per heavy atom. The lowest BCUT2D eigenvalue weighted by Crippen LogP contribution is -2.30. The van der Waals surface area contributed by atoms with Crippen LogP contribution in [0.25, 0.3) is 10.9 Å². The van der Waals surface area contributed by atoms with Crippen molar-refractivity contribution in [3.8, 4) is 11.5 Å². The van der Waals surface area contributed by atoms with Crippen molar-refractivity contribution in [3.05, 3.63) is 90.6 Å². The molecule has 0 radical (unpaired) electrons. The molecular formula is C22H18N2O4S. The molecule has 0 unspecified atom stereocenters. The summed E-state index contributed by atoms with van der Waals surface area (Å²) in [7, 11) is -2.29. The van der Waals surface area contributed by atoms with Crippen LogP contribution in [0.4, 0.5) is 0 Å². The highest BCUT2D eigenvalue weighted by molar-refractivity contribution is 7.90. The van der Waals surface area contributed by atoms with Gasteiger partial charge in [0.1, 0.15) is 16.4 Å². The molecule has 0 aliphatic rings. The maximum absolute atomic E-state index is 12.8. The van der Waals surface area contributed by atoms with E-state index >= 15 is 0 Å². The maximum Gasteiger partial charge on any atom is 0.266 e. The molecule has 0 aliphatic carbocycles. The summed E-state index contributed by atoms with van der Waals surface area (Å²) in [6.07, 6.45) is 1.50. The fraction of sp³-hybridized carbons (Fsp3) is 0.0455. The summed E-state index contributed by atoms with van der Waals surface area (Å²) in [6, 6.07) is 22.6. The molecule has 29 heavy (non-hydrogen) atoms. The van der Waals surface area contributed by atoms with Crippen LogP contribution in [0.5, 0.6) is 11.5 Å². The van der Waals surface area contributed by atoms with Crippen LogP contribution in [0.1, 0.15) is 10.4 Å². The van der Waals surface area contributed by atoms with Crippen molar-refractivity contribution in [1.82, 2.24) is 9.29 Å². The number of carbonyl (C=O) groups is 1. The number of aromatic nitrogens is 1. The largest absolute Gasteiger partial charge is 0.457 e. The number of hydrogen-bond acceptors (Lipinski definition) is 4. The Morgan fingerprint density at radius 3 is 2.38 bits per heavy atom. The molecule has 0 aliphatic heterocycles. The van der Waals surface area contributed by atoms with Crippen molar-refractivity contribution in [2.75, 3.05) is 0 Å². The average Bonchev–Trinajstić information content (AvgIpc) is 3.07. The number of para-hydroxylation sites is 2. The molecule has 0 spiro atoms. The molecule has 1 N–H and O–H groups in total. The summed E-state index contributed by atoms with van der Waals surface area (Å²) < 4.78 is 35.3. The van der Waals surface area contributed by atoms with Crippen LogP contribution in [0.15, 0.2) is 90.0 Å². The highest BCUT2D eigenvalue weighted by Crippen LogP contribution is 2.25. The van der Waals surface area contributed by atoms with Gasteiger partial charge in [0.15, 0.2) is 0 Å². The van der Waals surface area contributed by atoms with Crippen molar-refractivity contribution in [2.45, 2.75) is 4.90 Å². The quantitative estimate of drug-likeness (QED) is 0.542. The second-order valence-corrected chi connectivity index (χ2v) is 8.15. The van der Waals surface area contributed by atoms with Gasteiger partial charge in [-0.15, -0.1) is 0 Å². The summed E-state index contributed by atoms with van der Waals surface area (Å²) in [5.41, 5.74) is 0.945. The van der Waals surface area contributed by atoms with Crippen LogP contribution in [0.2, 0.25) is 0 Å². The number of sulfonamides is 1. The van der Waals surface area contributed by atoms with Crippen LogP contribution in [0.3, 0.4) is 0 Å². The predicted octanol–water partition coefficient (Wildman–Crippen LogP) is 4.09. The van der Waals surface area contributed by atoms with Crippen molar-refractivity contribution in [2.24, 2.45) is 7.05 Å². The van der Waals surface area contributed by atoms with Crippen LogP contribution in [-0.2, 0) is 17.1 Å². The first kappa shape index (κ1) is 18.8. The Balaban J connectivity index is 1.59. The van der Waals surface area contributed by atoms with Crippen molar-refractivity contribution >= 4 is 26.8 Å². The van der Waals surface area contributed by atoms with E-state index in [4.69, 9.17) is 4.74 Å². The van der Waals surface area contributed by atoms with E-state index in [2.05, 4.69) is 4.72 Å². The van der Waals surface area contributed by atoms with Gasteiger partial charge in [-0.3, -0.25) is 4.79 Å². The standard InChI is InChI=1S/C22H18N2O4S/c1-24-15-21(19-12-5-6-13-20(19)24)29(26,27)23-22(25)16-8-7-11-18(14-16)28-17-9-3-2-4-10-17/h2-15H,1H3,(H,23,25). The first-order valence-electron chi connectivity index (χ1n) is 8.88. The number of carbonyl (C=O) groups excluding carboxylic acids is 1.